The van der Waals surface area contributed by atoms with Crippen molar-refractivity contribution in [3.8, 4) is 10.4 Å². The van der Waals surface area contributed by atoms with Crippen molar-refractivity contribution in [2.75, 3.05) is 26.8 Å². The minimum absolute atomic E-state index is 0.643. The Hall–Kier alpha value is -1.62. The Kier molecular flexibility index (Phi) is 4.69. The standard InChI is InChI=1S/C20H24N2OS/c1-23-10-9-22-8-2-4-17(22)12-16-14-21-19-7-6-15(13-18(16)19)20-5-3-11-24-20/h3,5-7,11,13-14,17,21H,2,4,8-10,12H2,1H3/t17-/m1/s1. The number of benzene rings is 1. The van der Waals surface area contributed by atoms with Crippen molar-refractivity contribution >= 4 is 22.2 Å². The lowest BCUT2D eigenvalue weighted by Crippen LogP contribution is -2.33. The summed E-state index contributed by atoms with van der Waals surface area (Å²) in [5.41, 5.74) is 4.01. The predicted octanol–water partition coefficient (Wildman–Crippen LogP) is 4.55. The lowest BCUT2D eigenvalue weighted by Gasteiger charge is -2.23. The van der Waals surface area contributed by atoms with Crippen LogP contribution in [0.5, 0.6) is 0 Å². The Morgan fingerprint density at radius 1 is 1.33 bits per heavy atom. The topological polar surface area (TPSA) is 28.3 Å². The molecular weight excluding hydrogens is 316 g/mol. The van der Waals surface area contributed by atoms with Crippen LogP contribution in [0.25, 0.3) is 21.3 Å². The number of rotatable bonds is 6. The Balaban J connectivity index is 1.59. The first-order chi connectivity index (χ1) is 11.8. The van der Waals surface area contributed by atoms with Crippen molar-refractivity contribution in [3.05, 3.63) is 47.5 Å². The summed E-state index contributed by atoms with van der Waals surface area (Å²) in [4.78, 5) is 7.38. The zero-order chi connectivity index (χ0) is 16.4. The number of methoxy groups -OCH3 is 1. The Labute approximate surface area is 147 Å². The molecule has 126 valence electrons. The number of fused-ring (bicyclic) bond motifs is 1. The highest BCUT2D eigenvalue weighted by atomic mass is 32.1. The molecule has 1 saturated heterocycles. The van der Waals surface area contributed by atoms with E-state index in [1.165, 1.54) is 46.3 Å². The SMILES string of the molecule is COCCN1CCC[C@@H]1Cc1c[nH]c2ccc(-c3cccs3)cc12. The van der Waals surface area contributed by atoms with Crippen LogP contribution in [0, 0.1) is 0 Å². The number of aromatic amines is 1. The number of aromatic nitrogens is 1. The van der Waals surface area contributed by atoms with Crippen LogP contribution in [0.15, 0.2) is 41.9 Å². The van der Waals surface area contributed by atoms with E-state index in [1.807, 2.05) is 0 Å². The van der Waals surface area contributed by atoms with Crippen molar-refractivity contribution < 1.29 is 4.74 Å². The summed E-state index contributed by atoms with van der Waals surface area (Å²) in [5, 5.41) is 3.52. The van der Waals surface area contributed by atoms with E-state index in [-0.39, 0.29) is 0 Å². The number of likely N-dealkylation sites (tertiary alicyclic amines) is 1. The summed E-state index contributed by atoms with van der Waals surface area (Å²) in [5.74, 6) is 0. The number of ether oxygens (including phenoxy) is 1. The van der Waals surface area contributed by atoms with Gasteiger partial charge in [0.05, 0.1) is 6.61 Å². The van der Waals surface area contributed by atoms with Crippen LogP contribution < -0.4 is 0 Å². The second-order valence-corrected chi connectivity index (χ2v) is 7.53. The normalized spacial score (nSPS) is 18.6. The lowest BCUT2D eigenvalue weighted by molar-refractivity contribution is 0.141. The molecule has 0 aliphatic carbocycles. The van der Waals surface area contributed by atoms with E-state index in [0.29, 0.717) is 6.04 Å². The molecule has 1 fully saturated rings. The molecule has 3 aromatic rings. The molecule has 0 bridgehead atoms. The fourth-order valence-electron chi connectivity index (χ4n) is 3.83. The van der Waals surface area contributed by atoms with E-state index in [2.05, 4.69) is 51.8 Å². The summed E-state index contributed by atoms with van der Waals surface area (Å²) < 4.78 is 5.27. The van der Waals surface area contributed by atoms with Gasteiger partial charge in [0.25, 0.3) is 0 Å². The summed E-state index contributed by atoms with van der Waals surface area (Å²) in [7, 11) is 1.79. The highest BCUT2D eigenvalue weighted by Gasteiger charge is 2.25. The third-order valence-electron chi connectivity index (χ3n) is 5.11. The van der Waals surface area contributed by atoms with Gasteiger partial charge in [0.1, 0.15) is 0 Å². The van der Waals surface area contributed by atoms with Crippen LogP contribution in [0.2, 0.25) is 0 Å². The molecule has 1 aliphatic heterocycles. The van der Waals surface area contributed by atoms with E-state index in [0.717, 1.165) is 19.6 Å². The molecule has 1 atom stereocenters. The van der Waals surface area contributed by atoms with Crippen molar-refractivity contribution in [2.45, 2.75) is 25.3 Å². The Bertz CT molecular complexity index is 793. The molecule has 24 heavy (non-hydrogen) atoms. The number of hydrogen-bond donors (Lipinski definition) is 1. The first-order valence-corrected chi connectivity index (χ1v) is 9.60. The molecule has 1 aliphatic rings. The van der Waals surface area contributed by atoms with Crippen molar-refractivity contribution in [1.29, 1.82) is 0 Å². The quantitative estimate of drug-likeness (QED) is 0.713. The van der Waals surface area contributed by atoms with Gasteiger partial charge in [0, 0.05) is 41.7 Å². The number of nitrogens with zero attached hydrogens (tertiary/aromatic N) is 1. The number of H-pyrrole nitrogens is 1. The highest BCUT2D eigenvalue weighted by molar-refractivity contribution is 7.13. The average Bonchev–Trinajstić information content (AvgIpc) is 3.35. The third-order valence-corrected chi connectivity index (χ3v) is 6.03. The number of nitrogens with one attached hydrogen (secondary N) is 1. The predicted molar refractivity (Wildman–Crippen MR) is 102 cm³/mol. The van der Waals surface area contributed by atoms with E-state index in [1.54, 1.807) is 18.4 Å². The fourth-order valence-corrected chi connectivity index (χ4v) is 4.55. The molecular formula is C20H24N2OS. The maximum atomic E-state index is 5.27. The Morgan fingerprint density at radius 2 is 2.29 bits per heavy atom. The van der Waals surface area contributed by atoms with Crippen LogP contribution in [-0.2, 0) is 11.2 Å². The molecule has 4 rings (SSSR count). The van der Waals surface area contributed by atoms with E-state index >= 15 is 0 Å². The van der Waals surface area contributed by atoms with Gasteiger partial charge < -0.3 is 9.72 Å². The zero-order valence-corrected chi connectivity index (χ0v) is 14.9. The molecule has 3 nitrogen and oxygen atoms in total. The average molecular weight is 340 g/mol. The third kappa shape index (κ3) is 3.14. The number of thiophene rings is 1. The molecule has 4 heteroatoms. The number of hydrogen-bond acceptors (Lipinski definition) is 3. The van der Waals surface area contributed by atoms with Gasteiger partial charge in [-0.3, -0.25) is 4.90 Å². The summed E-state index contributed by atoms with van der Waals surface area (Å²) in [6.45, 7) is 3.08. The molecule has 1 N–H and O–H groups in total. The van der Waals surface area contributed by atoms with Crippen LogP contribution in [0.1, 0.15) is 18.4 Å². The van der Waals surface area contributed by atoms with Crippen molar-refractivity contribution in [3.63, 3.8) is 0 Å². The maximum absolute atomic E-state index is 5.27. The molecule has 0 amide bonds. The smallest absolute Gasteiger partial charge is 0.0589 e. The zero-order valence-electron chi connectivity index (χ0n) is 14.1. The largest absolute Gasteiger partial charge is 0.383 e. The molecule has 0 radical (unpaired) electrons. The minimum atomic E-state index is 0.643. The van der Waals surface area contributed by atoms with Gasteiger partial charge in [0.2, 0.25) is 0 Å². The van der Waals surface area contributed by atoms with Crippen molar-refractivity contribution in [2.24, 2.45) is 0 Å². The molecule has 0 saturated carbocycles. The van der Waals surface area contributed by atoms with Gasteiger partial charge in [-0.2, -0.15) is 0 Å². The van der Waals surface area contributed by atoms with E-state index in [9.17, 15) is 0 Å². The molecule has 2 aromatic heterocycles. The van der Waals surface area contributed by atoms with Gasteiger partial charge >= 0.3 is 0 Å². The first kappa shape index (κ1) is 15.9. The summed E-state index contributed by atoms with van der Waals surface area (Å²) >= 11 is 1.80. The van der Waals surface area contributed by atoms with Crippen LogP contribution in [0.3, 0.4) is 0 Å². The second kappa shape index (κ2) is 7.09. The lowest BCUT2D eigenvalue weighted by atomic mass is 10.0. The molecule has 3 heterocycles. The molecule has 1 aromatic carbocycles. The van der Waals surface area contributed by atoms with Crippen LogP contribution in [-0.4, -0.2) is 42.7 Å². The fraction of sp³-hybridized carbons (Fsp3) is 0.400. The van der Waals surface area contributed by atoms with Gasteiger partial charge in [-0.05, 0) is 60.5 Å². The van der Waals surface area contributed by atoms with E-state index in [4.69, 9.17) is 4.74 Å². The highest BCUT2D eigenvalue weighted by Crippen LogP contribution is 2.31. The van der Waals surface area contributed by atoms with E-state index < -0.39 is 0 Å². The van der Waals surface area contributed by atoms with Gasteiger partial charge in [-0.15, -0.1) is 11.3 Å². The first-order valence-electron chi connectivity index (χ1n) is 8.72. The molecule has 0 unspecified atom stereocenters. The van der Waals surface area contributed by atoms with Gasteiger partial charge in [-0.1, -0.05) is 12.1 Å². The van der Waals surface area contributed by atoms with Crippen LogP contribution in [0.4, 0.5) is 0 Å². The summed E-state index contributed by atoms with van der Waals surface area (Å²) in [6, 6.07) is 11.7. The maximum Gasteiger partial charge on any atom is 0.0589 e. The molecule has 0 spiro atoms. The van der Waals surface area contributed by atoms with Crippen molar-refractivity contribution in [1.82, 2.24) is 9.88 Å². The van der Waals surface area contributed by atoms with Crippen LogP contribution >= 0.6 is 11.3 Å². The van der Waals surface area contributed by atoms with Gasteiger partial charge in [0.15, 0.2) is 0 Å². The van der Waals surface area contributed by atoms with Gasteiger partial charge in [-0.25, -0.2) is 0 Å². The minimum Gasteiger partial charge on any atom is -0.383 e. The Morgan fingerprint density at radius 3 is 3.12 bits per heavy atom. The summed E-state index contributed by atoms with van der Waals surface area (Å²) in [6.07, 6.45) is 5.92. The monoisotopic (exact) mass is 340 g/mol. The second-order valence-electron chi connectivity index (χ2n) is 6.58.